The molecule has 1 aliphatic heterocycles. The van der Waals surface area contributed by atoms with Gasteiger partial charge >= 0.3 is 0 Å². The summed E-state index contributed by atoms with van der Waals surface area (Å²) in [6.07, 6.45) is 2.42. The molecule has 3 heteroatoms. The summed E-state index contributed by atoms with van der Waals surface area (Å²) in [5.41, 5.74) is 7.92. The van der Waals surface area contributed by atoms with Crippen LogP contribution in [0.15, 0.2) is 24.3 Å². The molecule has 0 aliphatic carbocycles. The molecule has 1 aromatic rings. The van der Waals surface area contributed by atoms with Crippen LogP contribution in [0.1, 0.15) is 12.0 Å². The van der Waals surface area contributed by atoms with Crippen LogP contribution in [-0.4, -0.2) is 49.6 Å². The number of anilines is 1. The molecule has 0 aromatic heterocycles. The van der Waals surface area contributed by atoms with Gasteiger partial charge in [0.15, 0.2) is 0 Å². The van der Waals surface area contributed by atoms with E-state index in [0.717, 1.165) is 18.7 Å². The maximum Gasteiger partial charge on any atom is 0.0314 e. The smallest absolute Gasteiger partial charge is 0.0314 e. The van der Waals surface area contributed by atoms with Gasteiger partial charge in [0.05, 0.1) is 0 Å². The predicted molar refractivity (Wildman–Crippen MR) is 73.1 cm³/mol. The molecule has 17 heavy (non-hydrogen) atoms. The SMILES string of the molecule is CN1CCCN(CCc2ccc(N)cc2)CC1. The molecule has 94 valence electrons. The lowest BCUT2D eigenvalue weighted by atomic mass is 10.1. The van der Waals surface area contributed by atoms with Crippen molar-refractivity contribution in [2.45, 2.75) is 12.8 Å². The molecule has 0 atom stereocenters. The van der Waals surface area contributed by atoms with E-state index in [1.807, 2.05) is 12.1 Å². The maximum absolute atomic E-state index is 5.69. The van der Waals surface area contributed by atoms with Gasteiger partial charge in [-0.15, -0.1) is 0 Å². The minimum atomic E-state index is 0.852. The topological polar surface area (TPSA) is 32.5 Å². The molecule has 0 amide bonds. The second kappa shape index (κ2) is 6.03. The van der Waals surface area contributed by atoms with Crippen LogP contribution in [0.3, 0.4) is 0 Å². The number of nitrogens with zero attached hydrogens (tertiary/aromatic N) is 2. The Bertz CT molecular complexity index is 334. The van der Waals surface area contributed by atoms with Gasteiger partial charge in [0.2, 0.25) is 0 Å². The monoisotopic (exact) mass is 233 g/mol. The minimum absolute atomic E-state index is 0.852. The maximum atomic E-state index is 5.69. The molecular weight excluding hydrogens is 210 g/mol. The van der Waals surface area contributed by atoms with Gasteiger partial charge in [0.25, 0.3) is 0 Å². The second-order valence-electron chi connectivity index (χ2n) is 4.99. The van der Waals surface area contributed by atoms with Crippen LogP contribution in [0.25, 0.3) is 0 Å². The summed E-state index contributed by atoms with van der Waals surface area (Å²) < 4.78 is 0. The van der Waals surface area contributed by atoms with Crippen LogP contribution in [-0.2, 0) is 6.42 Å². The Morgan fingerprint density at radius 2 is 1.82 bits per heavy atom. The van der Waals surface area contributed by atoms with Crippen LogP contribution in [0.2, 0.25) is 0 Å². The molecule has 1 saturated heterocycles. The van der Waals surface area contributed by atoms with Crippen LogP contribution in [0.4, 0.5) is 5.69 Å². The summed E-state index contributed by atoms with van der Waals surface area (Å²) in [5, 5.41) is 0. The van der Waals surface area contributed by atoms with Gasteiger partial charge in [-0.3, -0.25) is 0 Å². The second-order valence-corrected chi connectivity index (χ2v) is 4.99. The highest BCUT2D eigenvalue weighted by Gasteiger charge is 2.11. The van der Waals surface area contributed by atoms with Crippen LogP contribution < -0.4 is 5.73 Å². The Morgan fingerprint density at radius 1 is 1.06 bits per heavy atom. The number of rotatable bonds is 3. The Kier molecular flexibility index (Phi) is 4.40. The number of nitrogens with two attached hydrogens (primary N) is 1. The summed E-state index contributed by atoms with van der Waals surface area (Å²) in [4.78, 5) is 4.99. The van der Waals surface area contributed by atoms with Crippen LogP contribution >= 0.6 is 0 Å². The fraction of sp³-hybridized carbons (Fsp3) is 0.571. The first kappa shape index (κ1) is 12.4. The van der Waals surface area contributed by atoms with E-state index in [0.29, 0.717) is 0 Å². The van der Waals surface area contributed by atoms with Gasteiger partial charge in [-0.25, -0.2) is 0 Å². The standard InChI is InChI=1S/C14H23N3/c1-16-8-2-9-17(12-11-16)10-7-13-3-5-14(15)6-4-13/h3-6H,2,7-12,15H2,1H3. The zero-order chi connectivity index (χ0) is 12.1. The lowest BCUT2D eigenvalue weighted by Crippen LogP contribution is -2.30. The van der Waals surface area contributed by atoms with Gasteiger partial charge in [-0.05, 0) is 50.7 Å². The quantitative estimate of drug-likeness (QED) is 0.802. The van der Waals surface area contributed by atoms with E-state index < -0.39 is 0 Å². The van der Waals surface area contributed by atoms with Gasteiger partial charge in [0.1, 0.15) is 0 Å². The number of benzene rings is 1. The van der Waals surface area contributed by atoms with Crippen molar-refractivity contribution in [3.63, 3.8) is 0 Å². The molecule has 1 fully saturated rings. The Balaban J connectivity index is 1.79. The molecule has 0 unspecified atom stereocenters. The normalized spacial score (nSPS) is 19.1. The van der Waals surface area contributed by atoms with Crippen molar-refractivity contribution in [1.82, 2.24) is 9.80 Å². The largest absolute Gasteiger partial charge is 0.399 e. The van der Waals surface area contributed by atoms with Crippen LogP contribution in [0.5, 0.6) is 0 Å². The van der Waals surface area contributed by atoms with E-state index in [1.165, 1.54) is 38.2 Å². The Labute approximate surface area is 104 Å². The summed E-state index contributed by atoms with van der Waals surface area (Å²) in [7, 11) is 2.21. The number of nitrogen functional groups attached to an aromatic ring is 1. The molecule has 1 aliphatic rings. The molecule has 1 aromatic carbocycles. The van der Waals surface area contributed by atoms with Crippen molar-refractivity contribution in [1.29, 1.82) is 0 Å². The molecule has 2 N–H and O–H groups in total. The highest BCUT2D eigenvalue weighted by Crippen LogP contribution is 2.08. The third-order valence-electron chi connectivity index (χ3n) is 3.51. The molecule has 0 spiro atoms. The molecule has 0 bridgehead atoms. The van der Waals surface area contributed by atoms with Gasteiger partial charge in [-0.2, -0.15) is 0 Å². The Hall–Kier alpha value is -1.06. The summed E-state index contributed by atoms with van der Waals surface area (Å²) >= 11 is 0. The zero-order valence-electron chi connectivity index (χ0n) is 10.7. The average molecular weight is 233 g/mol. The number of hydrogen-bond donors (Lipinski definition) is 1. The van der Waals surface area contributed by atoms with E-state index >= 15 is 0 Å². The highest BCUT2D eigenvalue weighted by atomic mass is 15.2. The van der Waals surface area contributed by atoms with Gasteiger partial charge < -0.3 is 15.5 Å². The fourth-order valence-electron chi connectivity index (χ4n) is 2.30. The van der Waals surface area contributed by atoms with Crippen molar-refractivity contribution in [3.8, 4) is 0 Å². The van der Waals surface area contributed by atoms with E-state index in [1.54, 1.807) is 0 Å². The highest BCUT2D eigenvalue weighted by molar-refractivity contribution is 5.39. The van der Waals surface area contributed by atoms with Crippen molar-refractivity contribution in [2.75, 3.05) is 45.5 Å². The molecule has 3 nitrogen and oxygen atoms in total. The van der Waals surface area contributed by atoms with Gasteiger partial charge in [-0.1, -0.05) is 12.1 Å². The summed E-state index contributed by atoms with van der Waals surface area (Å²) in [6, 6.07) is 8.26. The van der Waals surface area contributed by atoms with E-state index in [9.17, 15) is 0 Å². The molecule has 1 heterocycles. The first-order valence-electron chi connectivity index (χ1n) is 6.49. The zero-order valence-corrected chi connectivity index (χ0v) is 10.7. The minimum Gasteiger partial charge on any atom is -0.399 e. The lowest BCUT2D eigenvalue weighted by molar-refractivity contribution is 0.279. The molecule has 0 radical (unpaired) electrons. The van der Waals surface area contributed by atoms with E-state index in [2.05, 4.69) is 29.0 Å². The molecule has 2 rings (SSSR count). The van der Waals surface area contributed by atoms with Crippen molar-refractivity contribution in [3.05, 3.63) is 29.8 Å². The van der Waals surface area contributed by atoms with Crippen LogP contribution in [0, 0.1) is 0 Å². The molecular formula is C14H23N3. The van der Waals surface area contributed by atoms with E-state index in [-0.39, 0.29) is 0 Å². The van der Waals surface area contributed by atoms with Gasteiger partial charge in [0, 0.05) is 25.3 Å². The predicted octanol–water partition coefficient (Wildman–Crippen LogP) is 1.45. The fourth-order valence-corrected chi connectivity index (χ4v) is 2.30. The Morgan fingerprint density at radius 3 is 2.59 bits per heavy atom. The first-order valence-corrected chi connectivity index (χ1v) is 6.49. The molecule has 0 saturated carbocycles. The summed E-state index contributed by atoms with van der Waals surface area (Å²) in [5.74, 6) is 0. The van der Waals surface area contributed by atoms with Crippen molar-refractivity contribution < 1.29 is 0 Å². The third-order valence-corrected chi connectivity index (χ3v) is 3.51. The van der Waals surface area contributed by atoms with Crippen molar-refractivity contribution >= 4 is 5.69 Å². The third kappa shape index (κ3) is 4.02. The number of hydrogen-bond acceptors (Lipinski definition) is 3. The number of likely N-dealkylation sites (N-methyl/N-ethyl adjacent to an activating group) is 1. The summed E-state index contributed by atoms with van der Waals surface area (Å²) in [6.45, 7) is 6.03. The average Bonchev–Trinajstić information content (AvgIpc) is 2.54. The lowest BCUT2D eigenvalue weighted by Gasteiger charge is -2.19. The first-order chi connectivity index (χ1) is 8.24. The van der Waals surface area contributed by atoms with E-state index in [4.69, 9.17) is 5.73 Å². The van der Waals surface area contributed by atoms with Crippen molar-refractivity contribution in [2.24, 2.45) is 0 Å².